The maximum absolute atomic E-state index is 10.8. The zero-order valence-corrected chi connectivity index (χ0v) is 9.73. The molecule has 0 amide bonds. The van der Waals surface area contributed by atoms with E-state index >= 15 is 0 Å². The molecule has 0 aromatic rings. The van der Waals surface area contributed by atoms with Crippen LogP contribution in [0.2, 0.25) is 0 Å². The van der Waals surface area contributed by atoms with Crippen molar-refractivity contribution >= 4 is 5.97 Å². The molecule has 0 saturated heterocycles. The number of esters is 1. The van der Waals surface area contributed by atoms with E-state index in [-0.39, 0.29) is 17.0 Å². The molecule has 0 aliphatic heterocycles. The summed E-state index contributed by atoms with van der Waals surface area (Å²) in [4.78, 5) is 10.8. The first-order valence-corrected chi connectivity index (χ1v) is 4.88. The van der Waals surface area contributed by atoms with E-state index < -0.39 is 0 Å². The molecule has 0 fully saturated rings. The van der Waals surface area contributed by atoms with Crippen molar-refractivity contribution in [1.82, 2.24) is 0 Å². The van der Waals surface area contributed by atoms with Crippen molar-refractivity contribution in [3.63, 3.8) is 0 Å². The summed E-state index contributed by atoms with van der Waals surface area (Å²) in [5.41, 5.74) is -0.107. The van der Waals surface area contributed by atoms with Crippen LogP contribution in [0.25, 0.3) is 0 Å². The summed E-state index contributed by atoms with van der Waals surface area (Å²) in [6.45, 7) is 11.9. The Hall–Kier alpha value is -0.530. The SMILES string of the molecule is CCC(C)(C)CC(C)(C)OC(C)=O. The minimum atomic E-state index is -0.342. The van der Waals surface area contributed by atoms with E-state index in [1.54, 1.807) is 0 Å². The summed E-state index contributed by atoms with van der Waals surface area (Å²) in [6, 6.07) is 0. The number of hydrogen-bond donors (Lipinski definition) is 0. The fourth-order valence-electron chi connectivity index (χ4n) is 1.70. The lowest BCUT2D eigenvalue weighted by Gasteiger charge is -2.33. The van der Waals surface area contributed by atoms with Gasteiger partial charge in [0.2, 0.25) is 0 Å². The van der Waals surface area contributed by atoms with Gasteiger partial charge in [-0.05, 0) is 25.7 Å². The average Bonchev–Trinajstić information content (AvgIpc) is 1.81. The van der Waals surface area contributed by atoms with Crippen molar-refractivity contribution < 1.29 is 9.53 Å². The predicted molar refractivity (Wildman–Crippen MR) is 54.5 cm³/mol. The number of carbonyl (C=O) groups excluding carboxylic acids is 1. The monoisotopic (exact) mass is 186 g/mol. The summed E-state index contributed by atoms with van der Waals surface area (Å²) < 4.78 is 5.24. The molecule has 0 spiro atoms. The van der Waals surface area contributed by atoms with Gasteiger partial charge in [0.05, 0.1) is 0 Å². The molecule has 0 aromatic carbocycles. The quantitative estimate of drug-likeness (QED) is 0.630. The van der Waals surface area contributed by atoms with Crippen LogP contribution in [0.5, 0.6) is 0 Å². The second-order valence-electron chi connectivity index (χ2n) is 5.05. The molecule has 78 valence electrons. The molecule has 0 unspecified atom stereocenters. The second kappa shape index (κ2) is 4.12. The highest BCUT2D eigenvalue weighted by molar-refractivity contribution is 5.66. The zero-order valence-electron chi connectivity index (χ0n) is 9.73. The van der Waals surface area contributed by atoms with Crippen molar-refractivity contribution in [2.45, 2.75) is 60.0 Å². The van der Waals surface area contributed by atoms with Crippen molar-refractivity contribution in [3.05, 3.63) is 0 Å². The van der Waals surface area contributed by atoms with E-state index in [0.29, 0.717) is 0 Å². The van der Waals surface area contributed by atoms with Crippen LogP contribution in [-0.4, -0.2) is 11.6 Å². The van der Waals surface area contributed by atoms with Crippen LogP contribution >= 0.6 is 0 Å². The number of ether oxygens (including phenoxy) is 1. The summed E-state index contributed by atoms with van der Waals surface area (Å²) in [6.07, 6.45) is 1.99. The fraction of sp³-hybridized carbons (Fsp3) is 0.909. The third kappa shape index (κ3) is 5.67. The molecule has 0 saturated carbocycles. The van der Waals surface area contributed by atoms with Crippen LogP contribution in [0.4, 0.5) is 0 Å². The van der Waals surface area contributed by atoms with E-state index in [0.717, 1.165) is 12.8 Å². The van der Waals surface area contributed by atoms with Crippen LogP contribution in [0, 0.1) is 5.41 Å². The second-order valence-corrected chi connectivity index (χ2v) is 5.05. The topological polar surface area (TPSA) is 26.3 Å². The molecule has 2 nitrogen and oxygen atoms in total. The Morgan fingerprint density at radius 3 is 2.00 bits per heavy atom. The van der Waals surface area contributed by atoms with Crippen LogP contribution in [-0.2, 0) is 9.53 Å². The first-order valence-electron chi connectivity index (χ1n) is 4.88. The van der Waals surface area contributed by atoms with E-state index in [9.17, 15) is 4.79 Å². The van der Waals surface area contributed by atoms with Crippen LogP contribution in [0.3, 0.4) is 0 Å². The van der Waals surface area contributed by atoms with Crippen LogP contribution in [0.1, 0.15) is 54.4 Å². The minimum Gasteiger partial charge on any atom is -0.460 e. The lowest BCUT2D eigenvalue weighted by molar-refractivity contribution is -0.156. The Labute approximate surface area is 81.7 Å². The molecule has 0 aliphatic carbocycles. The summed E-state index contributed by atoms with van der Waals surface area (Å²) in [7, 11) is 0. The fourth-order valence-corrected chi connectivity index (χ4v) is 1.70. The molecule has 2 heteroatoms. The normalized spacial score (nSPS) is 12.8. The van der Waals surface area contributed by atoms with E-state index in [2.05, 4.69) is 20.8 Å². The molecule has 0 radical (unpaired) electrons. The first-order chi connectivity index (χ1) is 5.68. The Balaban J connectivity index is 4.24. The van der Waals surface area contributed by atoms with Gasteiger partial charge in [-0.2, -0.15) is 0 Å². The Morgan fingerprint density at radius 2 is 1.69 bits per heavy atom. The largest absolute Gasteiger partial charge is 0.460 e. The van der Waals surface area contributed by atoms with Crippen LogP contribution < -0.4 is 0 Å². The smallest absolute Gasteiger partial charge is 0.303 e. The molecule has 0 aromatic heterocycles. The van der Waals surface area contributed by atoms with E-state index in [1.165, 1.54) is 6.92 Å². The Bertz CT molecular complexity index is 181. The minimum absolute atomic E-state index is 0.197. The van der Waals surface area contributed by atoms with Gasteiger partial charge in [-0.15, -0.1) is 0 Å². The van der Waals surface area contributed by atoms with Crippen molar-refractivity contribution in [1.29, 1.82) is 0 Å². The van der Waals surface area contributed by atoms with Gasteiger partial charge in [0.25, 0.3) is 0 Å². The average molecular weight is 186 g/mol. The number of carbonyl (C=O) groups is 1. The number of hydrogen-bond acceptors (Lipinski definition) is 2. The summed E-state index contributed by atoms with van der Waals surface area (Å²) in [5.74, 6) is -0.197. The molecule has 0 rings (SSSR count). The lowest BCUT2D eigenvalue weighted by Crippen LogP contribution is -2.32. The van der Waals surface area contributed by atoms with Gasteiger partial charge in [-0.1, -0.05) is 27.2 Å². The summed E-state index contributed by atoms with van der Waals surface area (Å²) >= 11 is 0. The Morgan fingerprint density at radius 1 is 1.23 bits per heavy atom. The Kier molecular flexibility index (Phi) is 3.95. The van der Waals surface area contributed by atoms with Gasteiger partial charge in [0.1, 0.15) is 5.60 Å². The van der Waals surface area contributed by atoms with Gasteiger partial charge >= 0.3 is 5.97 Å². The molecule has 0 atom stereocenters. The molecule has 0 bridgehead atoms. The molecule has 0 heterocycles. The molecular weight excluding hydrogens is 164 g/mol. The maximum atomic E-state index is 10.8. The number of rotatable bonds is 4. The molecular formula is C11H22O2. The molecule has 0 aliphatic rings. The third-order valence-corrected chi connectivity index (χ3v) is 2.28. The highest BCUT2D eigenvalue weighted by Gasteiger charge is 2.29. The maximum Gasteiger partial charge on any atom is 0.303 e. The van der Waals surface area contributed by atoms with Gasteiger partial charge in [-0.3, -0.25) is 4.79 Å². The summed E-state index contributed by atoms with van der Waals surface area (Å²) in [5, 5.41) is 0. The predicted octanol–water partition coefficient (Wildman–Crippen LogP) is 3.15. The van der Waals surface area contributed by atoms with E-state index in [4.69, 9.17) is 4.74 Å². The third-order valence-electron chi connectivity index (χ3n) is 2.28. The highest BCUT2D eigenvalue weighted by Crippen LogP contribution is 2.32. The molecule has 13 heavy (non-hydrogen) atoms. The van der Waals surface area contributed by atoms with E-state index in [1.807, 2.05) is 13.8 Å². The van der Waals surface area contributed by atoms with Gasteiger partial charge in [0, 0.05) is 6.92 Å². The van der Waals surface area contributed by atoms with Crippen molar-refractivity contribution in [2.24, 2.45) is 5.41 Å². The standard InChI is InChI=1S/C11H22O2/c1-7-10(3,4)8-11(5,6)13-9(2)12/h7-8H2,1-6H3. The van der Waals surface area contributed by atoms with Gasteiger partial charge < -0.3 is 4.74 Å². The van der Waals surface area contributed by atoms with Gasteiger partial charge in [-0.25, -0.2) is 0 Å². The highest BCUT2D eigenvalue weighted by atomic mass is 16.6. The van der Waals surface area contributed by atoms with Crippen molar-refractivity contribution in [3.8, 4) is 0 Å². The van der Waals surface area contributed by atoms with Crippen LogP contribution in [0.15, 0.2) is 0 Å². The zero-order chi connectivity index (χ0) is 10.7. The van der Waals surface area contributed by atoms with Gasteiger partial charge in [0.15, 0.2) is 0 Å². The molecule has 0 N–H and O–H groups in total. The van der Waals surface area contributed by atoms with Crippen molar-refractivity contribution in [2.75, 3.05) is 0 Å². The lowest BCUT2D eigenvalue weighted by atomic mass is 9.80. The first kappa shape index (κ1) is 12.5.